The Bertz CT molecular complexity index is 822. The topological polar surface area (TPSA) is 80.5 Å². The number of aromatic nitrogens is 1. The van der Waals surface area contributed by atoms with Gasteiger partial charge in [-0.3, -0.25) is 14.5 Å². The summed E-state index contributed by atoms with van der Waals surface area (Å²) in [5, 5.41) is 2.85. The van der Waals surface area contributed by atoms with Gasteiger partial charge in [-0.1, -0.05) is 12.1 Å². The number of H-pyrrole nitrogens is 1. The number of piperazine rings is 1. The monoisotopic (exact) mass is 399 g/mol. The number of quaternary nitrogens is 1. The van der Waals surface area contributed by atoms with Gasteiger partial charge in [0.15, 0.2) is 13.1 Å². The molecule has 2 amide bonds. The number of anilines is 2. The zero-order chi connectivity index (χ0) is 20.6. The van der Waals surface area contributed by atoms with Crippen molar-refractivity contribution < 1.29 is 24.2 Å². The Morgan fingerprint density at radius 2 is 1.90 bits per heavy atom. The number of hydrogen-bond donors (Lipinski definition) is 2. The molecular weight excluding hydrogens is 370 g/mol. The van der Waals surface area contributed by atoms with E-state index in [1.54, 1.807) is 13.2 Å². The highest BCUT2D eigenvalue weighted by Crippen LogP contribution is 2.16. The van der Waals surface area contributed by atoms with Crippen LogP contribution in [0.4, 0.5) is 11.5 Å². The molecule has 3 N–H and O–H groups in total. The number of amides is 2. The number of methoxy groups -OCH3 is 1. The van der Waals surface area contributed by atoms with E-state index in [1.165, 1.54) is 0 Å². The molecule has 0 bridgehead atoms. The van der Waals surface area contributed by atoms with E-state index in [1.807, 2.05) is 54.5 Å². The summed E-state index contributed by atoms with van der Waals surface area (Å²) in [5.74, 6) is 1.70. The van der Waals surface area contributed by atoms with Gasteiger partial charge in [-0.2, -0.15) is 0 Å². The highest BCUT2D eigenvalue weighted by molar-refractivity contribution is 5.91. The second-order valence-electron chi connectivity index (χ2n) is 7.21. The Labute approximate surface area is 171 Å². The van der Waals surface area contributed by atoms with Gasteiger partial charge >= 0.3 is 0 Å². The summed E-state index contributed by atoms with van der Waals surface area (Å²) in [5.41, 5.74) is 0.683. The summed E-state index contributed by atoms with van der Waals surface area (Å²) >= 11 is 0. The van der Waals surface area contributed by atoms with E-state index < -0.39 is 0 Å². The van der Waals surface area contributed by atoms with Crippen LogP contribution in [0.1, 0.15) is 0 Å². The maximum Gasteiger partial charge on any atom is 0.279 e. The molecule has 29 heavy (non-hydrogen) atoms. The van der Waals surface area contributed by atoms with E-state index in [2.05, 4.69) is 15.2 Å². The number of nitrogens with zero attached hydrogens (tertiary/aromatic N) is 2. The number of ether oxygens (including phenoxy) is 1. The Morgan fingerprint density at radius 1 is 1.10 bits per heavy atom. The van der Waals surface area contributed by atoms with E-state index in [0.717, 1.165) is 23.8 Å². The van der Waals surface area contributed by atoms with Crippen LogP contribution in [-0.4, -0.2) is 70.1 Å². The first-order chi connectivity index (χ1) is 14.0. The molecule has 0 aliphatic carbocycles. The van der Waals surface area contributed by atoms with Gasteiger partial charge in [0.25, 0.3) is 17.6 Å². The van der Waals surface area contributed by atoms with Crippen LogP contribution < -0.4 is 24.8 Å². The lowest BCUT2D eigenvalue weighted by molar-refractivity contribution is -0.862. The van der Waals surface area contributed by atoms with Gasteiger partial charge in [0.1, 0.15) is 18.8 Å². The van der Waals surface area contributed by atoms with Crippen molar-refractivity contribution in [1.29, 1.82) is 0 Å². The summed E-state index contributed by atoms with van der Waals surface area (Å²) < 4.78 is 5.16. The number of likely N-dealkylation sites (N-methyl/N-ethyl adjacent to an activating group) is 1. The van der Waals surface area contributed by atoms with E-state index in [0.29, 0.717) is 31.1 Å². The van der Waals surface area contributed by atoms with Gasteiger partial charge < -0.3 is 19.9 Å². The third kappa shape index (κ3) is 5.92. The first-order valence-electron chi connectivity index (χ1n) is 9.80. The first kappa shape index (κ1) is 20.6. The standard InChI is InChI=1S/C21H27N5O3/c1-24(15-20(27)23-17-6-5-7-18(14-17)29-2)16-21(28)26-12-10-25(11-13-26)19-8-3-4-9-22-19/h3-9,14H,10-13,15-16H2,1-2H3,(H,23,27)/p+2. The molecule has 0 spiro atoms. The number of nitrogens with one attached hydrogen (secondary N) is 3. The average molecular weight is 399 g/mol. The highest BCUT2D eigenvalue weighted by Gasteiger charge is 2.27. The molecule has 1 aliphatic heterocycles. The summed E-state index contributed by atoms with van der Waals surface area (Å²) in [6, 6.07) is 13.2. The summed E-state index contributed by atoms with van der Waals surface area (Å²) in [6.45, 7) is 3.48. The van der Waals surface area contributed by atoms with Crippen molar-refractivity contribution in [3.63, 3.8) is 0 Å². The zero-order valence-corrected chi connectivity index (χ0v) is 17.0. The van der Waals surface area contributed by atoms with Crippen molar-refractivity contribution in [2.75, 3.05) is 63.6 Å². The van der Waals surface area contributed by atoms with Gasteiger partial charge in [-0.15, -0.1) is 0 Å². The molecule has 1 aromatic heterocycles. The Hall–Kier alpha value is -3.13. The van der Waals surface area contributed by atoms with Crippen molar-refractivity contribution in [3.8, 4) is 5.75 Å². The minimum atomic E-state index is -0.131. The predicted octanol–water partition coefficient (Wildman–Crippen LogP) is -0.689. The van der Waals surface area contributed by atoms with Crippen molar-refractivity contribution in [2.24, 2.45) is 0 Å². The second kappa shape index (κ2) is 9.88. The highest BCUT2D eigenvalue weighted by atomic mass is 16.5. The molecule has 0 saturated carbocycles. The molecule has 1 fully saturated rings. The van der Waals surface area contributed by atoms with Gasteiger partial charge in [0.05, 0.1) is 33.4 Å². The number of hydrogen-bond acceptors (Lipinski definition) is 4. The summed E-state index contributed by atoms with van der Waals surface area (Å²) in [4.78, 5) is 33.1. The smallest absolute Gasteiger partial charge is 0.279 e. The molecule has 1 aromatic carbocycles. The lowest BCUT2D eigenvalue weighted by Crippen LogP contribution is -3.11. The van der Waals surface area contributed by atoms with Crippen LogP contribution in [0.3, 0.4) is 0 Å². The number of rotatable bonds is 7. The fourth-order valence-electron chi connectivity index (χ4n) is 3.39. The van der Waals surface area contributed by atoms with Crippen LogP contribution in [0.5, 0.6) is 5.75 Å². The quantitative estimate of drug-likeness (QED) is 0.646. The van der Waals surface area contributed by atoms with Crippen molar-refractivity contribution in [2.45, 2.75) is 0 Å². The van der Waals surface area contributed by atoms with Crippen LogP contribution in [-0.2, 0) is 9.59 Å². The van der Waals surface area contributed by atoms with Gasteiger partial charge in [-0.05, 0) is 18.2 Å². The van der Waals surface area contributed by atoms with Crippen LogP contribution in [0.2, 0.25) is 0 Å². The fraction of sp³-hybridized carbons (Fsp3) is 0.381. The molecule has 1 unspecified atom stereocenters. The van der Waals surface area contributed by atoms with E-state index >= 15 is 0 Å². The molecule has 8 heteroatoms. The molecule has 8 nitrogen and oxygen atoms in total. The largest absolute Gasteiger partial charge is 0.497 e. The Morgan fingerprint density at radius 3 is 2.59 bits per heavy atom. The maximum atomic E-state index is 12.6. The maximum absolute atomic E-state index is 12.6. The number of aromatic amines is 1. The third-order valence-electron chi connectivity index (χ3n) is 4.93. The van der Waals surface area contributed by atoms with Crippen molar-refractivity contribution in [1.82, 2.24) is 4.90 Å². The molecule has 3 rings (SSSR count). The first-order valence-corrected chi connectivity index (χ1v) is 9.80. The molecule has 154 valence electrons. The average Bonchev–Trinajstić information content (AvgIpc) is 2.74. The molecule has 0 radical (unpaired) electrons. The van der Waals surface area contributed by atoms with Crippen LogP contribution in [0.15, 0.2) is 48.7 Å². The fourth-order valence-corrected chi connectivity index (χ4v) is 3.39. The molecule has 1 atom stereocenters. The normalized spacial score (nSPS) is 15.0. The summed E-state index contributed by atoms with van der Waals surface area (Å²) in [6.07, 6.45) is 1.90. The zero-order valence-electron chi connectivity index (χ0n) is 17.0. The minimum Gasteiger partial charge on any atom is -0.497 e. The predicted molar refractivity (Wildman–Crippen MR) is 110 cm³/mol. The van der Waals surface area contributed by atoms with Gasteiger partial charge in [-0.25, -0.2) is 4.98 Å². The minimum absolute atomic E-state index is 0.0772. The number of carbonyl (C=O) groups is 2. The number of pyridine rings is 1. The molecular formula is C21H29N5O3+2. The molecule has 2 aromatic rings. The van der Waals surface area contributed by atoms with Crippen LogP contribution in [0, 0.1) is 0 Å². The SMILES string of the molecule is COc1cccc(NC(=O)C[NH+](C)CC(=O)N2CCN(c3cccc[nH+]3)CC2)c1. The Kier molecular flexibility index (Phi) is 7.02. The molecule has 1 aliphatic rings. The Balaban J connectivity index is 1.42. The van der Waals surface area contributed by atoms with E-state index in [4.69, 9.17) is 4.74 Å². The van der Waals surface area contributed by atoms with Gasteiger partial charge in [0.2, 0.25) is 0 Å². The lowest BCUT2D eigenvalue weighted by Gasteiger charge is -2.31. The third-order valence-corrected chi connectivity index (χ3v) is 4.93. The van der Waals surface area contributed by atoms with Crippen LogP contribution >= 0.6 is 0 Å². The molecule has 1 saturated heterocycles. The lowest BCUT2D eigenvalue weighted by atomic mass is 10.3. The van der Waals surface area contributed by atoms with Crippen molar-refractivity contribution >= 4 is 23.3 Å². The number of carbonyl (C=O) groups excluding carboxylic acids is 2. The second-order valence-corrected chi connectivity index (χ2v) is 7.21. The van der Waals surface area contributed by atoms with Crippen LogP contribution in [0.25, 0.3) is 0 Å². The van der Waals surface area contributed by atoms with E-state index in [-0.39, 0.29) is 18.4 Å². The number of benzene rings is 1. The van der Waals surface area contributed by atoms with Gasteiger partial charge in [0, 0.05) is 17.8 Å². The molecule has 2 heterocycles. The van der Waals surface area contributed by atoms with E-state index in [9.17, 15) is 9.59 Å². The summed E-state index contributed by atoms with van der Waals surface area (Å²) in [7, 11) is 3.45. The van der Waals surface area contributed by atoms with Crippen molar-refractivity contribution in [3.05, 3.63) is 48.7 Å².